The molecule has 1 aliphatic carbocycles. The van der Waals surface area contributed by atoms with Crippen LogP contribution in [-0.4, -0.2) is 87.0 Å². The molecular weight excluding hydrogens is 336 g/mol. The van der Waals surface area contributed by atoms with E-state index in [0.29, 0.717) is 6.42 Å². The molecule has 0 aromatic carbocycles. The van der Waals surface area contributed by atoms with Crippen molar-refractivity contribution in [1.82, 2.24) is 0 Å². The average molecular weight is 362 g/mol. The maximum atomic E-state index is 10.2. The molecule has 1 saturated carbocycles. The standard InChI is InChI=1S/C16H26O9/c1-6-5-23-15(11-7(6)2-9(19)8(11)3-17)25-16-14(22)13(21)12(20)10(4-18)24-16/h5,7-22H,2-4H2,1H3/t7?,8?,9?,10-,11?,12-,13+,14-,15?,16+/m1/s1. The second-order valence-corrected chi connectivity index (χ2v) is 7.03. The van der Waals surface area contributed by atoms with Crippen LogP contribution in [0.5, 0.6) is 0 Å². The number of hydrogen-bond donors (Lipinski definition) is 6. The van der Waals surface area contributed by atoms with Gasteiger partial charge in [0.25, 0.3) is 0 Å². The number of rotatable bonds is 4. The van der Waals surface area contributed by atoms with Crippen LogP contribution in [0, 0.1) is 17.8 Å². The zero-order valence-electron chi connectivity index (χ0n) is 13.9. The van der Waals surface area contributed by atoms with Crippen LogP contribution in [0.25, 0.3) is 0 Å². The van der Waals surface area contributed by atoms with Gasteiger partial charge < -0.3 is 44.8 Å². The molecule has 0 aromatic rings. The third-order valence-corrected chi connectivity index (χ3v) is 5.56. The molecule has 0 spiro atoms. The Morgan fingerprint density at radius 2 is 1.76 bits per heavy atom. The van der Waals surface area contributed by atoms with Crippen LogP contribution in [0.4, 0.5) is 0 Å². The Kier molecular flexibility index (Phi) is 5.66. The van der Waals surface area contributed by atoms with E-state index in [9.17, 15) is 30.6 Å². The van der Waals surface area contributed by atoms with Gasteiger partial charge >= 0.3 is 0 Å². The lowest BCUT2D eigenvalue weighted by molar-refractivity contribution is -0.343. The van der Waals surface area contributed by atoms with Gasteiger partial charge in [0, 0.05) is 18.4 Å². The van der Waals surface area contributed by atoms with Gasteiger partial charge in [-0.15, -0.1) is 0 Å². The van der Waals surface area contributed by atoms with Crippen LogP contribution in [0.3, 0.4) is 0 Å². The van der Waals surface area contributed by atoms with E-state index < -0.39 is 55.6 Å². The van der Waals surface area contributed by atoms with E-state index in [0.717, 1.165) is 5.57 Å². The maximum absolute atomic E-state index is 10.2. The van der Waals surface area contributed by atoms with Crippen LogP contribution in [0.1, 0.15) is 13.3 Å². The molecule has 2 fully saturated rings. The summed E-state index contributed by atoms with van der Waals surface area (Å²) in [7, 11) is 0. The molecule has 9 nitrogen and oxygen atoms in total. The number of ether oxygens (including phenoxy) is 3. The lowest BCUT2D eigenvalue weighted by Crippen LogP contribution is -2.60. The van der Waals surface area contributed by atoms with E-state index in [1.807, 2.05) is 6.92 Å². The second kappa shape index (κ2) is 7.45. The smallest absolute Gasteiger partial charge is 0.205 e. The van der Waals surface area contributed by atoms with Crippen molar-refractivity contribution in [2.24, 2.45) is 17.8 Å². The molecule has 2 aliphatic heterocycles. The van der Waals surface area contributed by atoms with Gasteiger partial charge in [0.2, 0.25) is 6.29 Å². The van der Waals surface area contributed by atoms with Gasteiger partial charge in [-0.05, 0) is 24.8 Å². The summed E-state index contributed by atoms with van der Waals surface area (Å²) in [6, 6.07) is 0. The van der Waals surface area contributed by atoms with Gasteiger partial charge in [-0.25, -0.2) is 0 Å². The van der Waals surface area contributed by atoms with Crippen molar-refractivity contribution in [3.8, 4) is 0 Å². The summed E-state index contributed by atoms with van der Waals surface area (Å²) < 4.78 is 16.6. The topological polar surface area (TPSA) is 149 Å². The fourth-order valence-corrected chi connectivity index (χ4v) is 4.06. The first-order valence-electron chi connectivity index (χ1n) is 8.46. The molecule has 3 aliphatic rings. The van der Waals surface area contributed by atoms with E-state index >= 15 is 0 Å². The Morgan fingerprint density at radius 3 is 2.40 bits per heavy atom. The zero-order valence-corrected chi connectivity index (χ0v) is 13.9. The maximum Gasteiger partial charge on any atom is 0.205 e. The third kappa shape index (κ3) is 3.31. The Morgan fingerprint density at radius 1 is 1.04 bits per heavy atom. The SMILES string of the molecule is CC1=COC(O[C@@H]2O[C@H](CO)[C@@H](O)[C@H](O)[C@H]2O)C2C1CC(O)C2CO. The summed E-state index contributed by atoms with van der Waals surface area (Å²) in [5.74, 6) is -0.850. The first-order chi connectivity index (χ1) is 11.9. The Hall–Kier alpha value is -0.780. The first-order valence-corrected chi connectivity index (χ1v) is 8.46. The van der Waals surface area contributed by atoms with Crippen LogP contribution in [-0.2, 0) is 14.2 Å². The van der Waals surface area contributed by atoms with Crippen molar-refractivity contribution in [2.45, 2.75) is 56.4 Å². The highest BCUT2D eigenvalue weighted by molar-refractivity contribution is 5.12. The second-order valence-electron chi connectivity index (χ2n) is 7.03. The van der Waals surface area contributed by atoms with E-state index in [4.69, 9.17) is 14.2 Å². The highest BCUT2D eigenvalue weighted by Crippen LogP contribution is 2.47. The molecule has 0 aromatic heterocycles. The predicted molar refractivity (Wildman–Crippen MR) is 81.7 cm³/mol. The zero-order chi connectivity index (χ0) is 18.3. The number of aliphatic hydroxyl groups is 6. The molecule has 5 unspecified atom stereocenters. The van der Waals surface area contributed by atoms with Crippen molar-refractivity contribution in [3.05, 3.63) is 11.8 Å². The molecule has 0 bridgehead atoms. The van der Waals surface area contributed by atoms with Crippen LogP contribution in [0.15, 0.2) is 11.8 Å². The molecule has 0 radical (unpaired) electrons. The fourth-order valence-electron chi connectivity index (χ4n) is 4.06. The highest BCUT2D eigenvalue weighted by Gasteiger charge is 2.52. The van der Waals surface area contributed by atoms with E-state index in [-0.39, 0.29) is 18.4 Å². The number of aliphatic hydroxyl groups excluding tert-OH is 6. The van der Waals surface area contributed by atoms with E-state index in [2.05, 4.69) is 0 Å². The third-order valence-electron chi connectivity index (χ3n) is 5.56. The van der Waals surface area contributed by atoms with Crippen LogP contribution in [0.2, 0.25) is 0 Å². The van der Waals surface area contributed by atoms with Gasteiger partial charge in [0.1, 0.15) is 24.4 Å². The van der Waals surface area contributed by atoms with Crippen molar-refractivity contribution in [3.63, 3.8) is 0 Å². The van der Waals surface area contributed by atoms with Crippen molar-refractivity contribution < 1.29 is 44.8 Å². The van der Waals surface area contributed by atoms with Crippen LogP contribution < -0.4 is 0 Å². The summed E-state index contributed by atoms with van der Waals surface area (Å²) in [4.78, 5) is 0. The Labute approximate surface area is 145 Å². The minimum absolute atomic E-state index is 0.0456. The molecule has 3 rings (SSSR count). The minimum atomic E-state index is -1.55. The van der Waals surface area contributed by atoms with Gasteiger partial charge in [-0.1, -0.05) is 0 Å². The van der Waals surface area contributed by atoms with Gasteiger partial charge in [0.15, 0.2) is 6.29 Å². The van der Waals surface area contributed by atoms with E-state index in [1.165, 1.54) is 6.26 Å². The van der Waals surface area contributed by atoms with Crippen LogP contribution >= 0.6 is 0 Å². The molecule has 10 atom stereocenters. The largest absolute Gasteiger partial charge is 0.472 e. The van der Waals surface area contributed by atoms with Gasteiger partial charge in [-0.2, -0.15) is 0 Å². The van der Waals surface area contributed by atoms with Crippen molar-refractivity contribution in [1.29, 1.82) is 0 Å². The summed E-state index contributed by atoms with van der Waals surface area (Å²) in [6.07, 6.45) is -6.59. The fraction of sp³-hybridized carbons (Fsp3) is 0.875. The predicted octanol–water partition coefficient (Wildman–Crippen LogP) is -2.33. The highest BCUT2D eigenvalue weighted by atomic mass is 16.8. The lowest BCUT2D eigenvalue weighted by Gasteiger charge is -2.43. The summed E-state index contributed by atoms with van der Waals surface area (Å²) >= 11 is 0. The number of allylic oxidation sites excluding steroid dienone is 1. The van der Waals surface area contributed by atoms with Crippen molar-refractivity contribution in [2.75, 3.05) is 13.2 Å². The Bertz CT molecular complexity index is 496. The molecule has 2 heterocycles. The average Bonchev–Trinajstić information content (AvgIpc) is 2.94. The number of fused-ring (bicyclic) bond motifs is 1. The molecule has 1 saturated heterocycles. The summed E-state index contributed by atoms with van der Waals surface area (Å²) in [5, 5.41) is 58.8. The quantitative estimate of drug-likeness (QED) is 0.324. The molecule has 6 N–H and O–H groups in total. The van der Waals surface area contributed by atoms with Gasteiger partial charge in [-0.3, -0.25) is 0 Å². The summed E-state index contributed by atoms with van der Waals surface area (Å²) in [5.41, 5.74) is 0.925. The molecular formula is C16H26O9. The summed E-state index contributed by atoms with van der Waals surface area (Å²) in [6.45, 7) is 1.07. The molecule has 9 heteroatoms. The normalized spacial score (nSPS) is 50.1. The lowest BCUT2D eigenvalue weighted by atomic mass is 9.83. The molecule has 144 valence electrons. The Balaban J connectivity index is 1.77. The monoisotopic (exact) mass is 362 g/mol. The van der Waals surface area contributed by atoms with Gasteiger partial charge in [0.05, 0.1) is 19.0 Å². The first kappa shape index (κ1) is 19.0. The number of hydrogen-bond acceptors (Lipinski definition) is 9. The molecule has 0 amide bonds. The van der Waals surface area contributed by atoms with Crippen molar-refractivity contribution >= 4 is 0 Å². The van der Waals surface area contributed by atoms with E-state index in [1.54, 1.807) is 0 Å². The molecule has 25 heavy (non-hydrogen) atoms. The minimum Gasteiger partial charge on any atom is -0.472 e.